The van der Waals surface area contributed by atoms with Gasteiger partial charge in [-0.2, -0.15) is 5.26 Å². The Morgan fingerprint density at radius 1 is 1.45 bits per heavy atom. The lowest BCUT2D eigenvalue weighted by atomic mass is 10.2. The number of aryl methyl sites for hydroxylation is 1. The SMILES string of the molecule is Cc1ccc(N/C=C(/C#N)C(=O)NCCCC(=O)O)c(Br)c1. The quantitative estimate of drug-likeness (QED) is 0.391. The fraction of sp³-hybridized carbons (Fsp3) is 0.267. The van der Waals surface area contributed by atoms with E-state index in [4.69, 9.17) is 10.4 Å². The molecule has 0 aliphatic rings. The van der Waals surface area contributed by atoms with Crippen molar-refractivity contribution < 1.29 is 14.7 Å². The molecule has 0 aliphatic heterocycles. The van der Waals surface area contributed by atoms with Crippen LogP contribution in [-0.2, 0) is 9.59 Å². The Hall–Kier alpha value is -2.33. The molecule has 0 aliphatic carbocycles. The largest absolute Gasteiger partial charge is 0.481 e. The molecule has 0 saturated heterocycles. The number of carbonyl (C=O) groups is 2. The molecule has 0 radical (unpaired) electrons. The van der Waals surface area contributed by atoms with Crippen molar-refractivity contribution in [2.75, 3.05) is 11.9 Å². The molecule has 1 rings (SSSR count). The maximum atomic E-state index is 11.8. The van der Waals surface area contributed by atoms with Crippen molar-refractivity contribution >= 4 is 33.5 Å². The second-order valence-corrected chi connectivity index (χ2v) is 5.40. The molecule has 3 N–H and O–H groups in total. The number of aliphatic carboxylic acids is 1. The first kappa shape index (κ1) is 17.7. The molecule has 116 valence electrons. The first-order chi connectivity index (χ1) is 10.4. The first-order valence-corrected chi connectivity index (χ1v) is 7.36. The number of anilines is 1. The van der Waals surface area contributed by atoms with Crippen LogP contribution in [0.15, 0.2) is 34.4 Å². The summed E-state index contributed by atoms with van der Waals surface area (Å²) in [6.07, 6.45) is 1.61. The molecule has 22 heavy (non-hydrogen) atoms. The van der Waals surface area contributed by atoms with Crippen LogP contribution in [0.3, 0.4) is 0 Å². The van der Waals surface area contributed by atoms with E-state index in [9.17, 15) is 9.59 Å². The second-order valence-electron chi connectivity index (χ2n) is 4.55. The van der Waals surface area contributed by atoms with E-state index in [1.807, 2.05) is 31.2 Å². The van der Waals surface area contributed by atoms with Crippen molar-refractivity contribution in [3.63, 3.8) is 0 Å². The summed E-state index contributed by atoms with van der Waals surface area (Å²) in [7, 11) is 0. The lowest BCUT2D eigenvalue weighted by Crippen LogP contribution is -2.26. The Morgan fingerprint density at radius 2 is 2.18 bits per heavy atom. The van der Waals surface area contributed by atoms with Crippen molar-refractivity contribution in [1.82, 2.24) is 5.32 Å². The van der Waals surface area contributed by atoms with Gasteiger partial charge in [-0.15, -0.1) is 0 Å². The van der Waals surface area contributed by atoms with E-state index in [2.05, 4.69) is 26.6 Å². The average molecular weight is 366 g/mol. The van der Waals surface area contributed by atoms with E-state index in [0.717, 1.165) is 15.7 Å². The highest BCUT2D eigenvalue weighted by Gasteiger charge is 2.09. The topological polar surface area (TPSA) is 102 Å². The molecule has 1 aromatic rings. The van der Waals surface area contributed by atoms with Gasteiger partial charge < -0.3 is 15.7 Å². The van der Waals surface area contributed by atoms with Gasteiger partial charge in [0.2, 0.25) is 0 Å². The molecule has 0 bridgehead atoms. The lowest BCUT2D eigenvalue weighted by Gasteiger charge is -2.06. The number of hydrogen-bond donors (Lipinski definition) is 3. The Labute approximate surface area is 137 Å². The van der Waals surface area contributed by atoms with Crippen LogP contribution in [0, 0.1) is 18.3 Å². The molecule has 0 aromatic heterocycles. The van der Waals surface area contributed by atoms with Gasteiger partial charge in [-0.25, -0.2) is 0 Å². The summed E-state index contributed by atoms with van der Waals surface area (Å²) in [6.45, 7) is 2.16. The molecule has 0 atom stereocenters. The minimum atomic E-state index is -0.920. The molecule has 0 fully saturated rings. The van der Waals surface area contributed by atoms with E-state index in [0.29, 0.717) is 6.42 Å². The van der Waals surface area contributed by atoms with Crippen molar-refractivity contribution in [1.29, 1.82) is 5.26 Å². The van der Waals surface area contributed by atoms with Gasteiger partial charge >= 0.3 is 5.97 Å². The number of nitriles is 1. The standard InChI is InChI=1S/C15H16BrN3O3/c1-10-4-5-13(12(16)7-10)19-9-11(8-17)15(22)18-6-2-3-14(20)21/h4-5,7,9,19H,2-3,6H2,1H3,(H,18,22)(H,20,21)/b11-9-. The highest BCUT2D eigenvalue weighted by Crippen LogP contribution is 2.23. The van der Waals surface area contributed by atoms with E-state index >= 15 is 0 Å². The predicted octanol–water partition coefficient (Wildman–Crippen LogP) is 2.56. The molecule has 0 unspecified atom stereocenters. The number of carboxylic acid groups (broad SMARTS) is 1. The summed E-state index contributed by atoms with van der Waals surface area (Å²) in [6, 6.07) is 7.45. The predicted molar refractivity (Wildman–Crippen MR) is 86.1 cm³/mol. The summed E-state index contributed by atoms with van der Waals surface area (Å²) in [5.74, 6) is -1.46. The molecular weight excluding hydrogens is 350 g/mol. The van der Waals surface area contributed by atoms with Gasteiger partial charge in [0.1, 0.15) is 11.6 Å². The van der Waals surface area contributed by atoms with Crippen LogP contribution in [0.5, 0.6) is 0 Å². The number of hydrogen-bond acceptors (Lipinski definition) is 4. The normalized spacial score (nSPS) is 10.7. The van der Waals surface area contributed by atoms with Crippen molar-refractivity contribution in [2.24, 2.45) is 0 Å². The molecule has 6 nitrogen and oxygen atoms in total. The number of nitrogens with zero attached hydrogens (tertiary/aromatic N) is 1. The maximum Gasteiger partial charge on any atom is 0.303 e. The number of benzene rings is 1. The zero-order chi connectivity index (χ0) is 16.5. The minimum Gasteiger partial charge on any atom is -0.481 e. The third-order valence-corrected chi connectivity index (χ3v) is 3.37. The molecule has 1 aromatic carbocycles. The van der Waals surface area contributed by atoms with Crippen LogP contribution in [-0.4, -0.2) is 23.5 Å². The average Bonchev–Trinajstić information content (AvgIpc) is 2.46. The highest BCUT2D eigenvalue weighted by molar-refractivity contribution is 9.10. The van der Waals surface area contributed by atoms with E-state index in [1.165, 1.54) is 6.20 Å². The van der Waals surface area contributed by atoms with Crippen molar-refractivity contribution in [3.05, 3.63) is 40.0 Å². The molecule has 0 heterocycles. The summed E-state index contributed by atoms with van der Waals surface area (Å²) < 4.78 is 0.822. The van der Waals surface area contributed by atoms with Crippen LogP contribution in [0.2, 0.25) is 0 Å². The van der Waals surface area contributed by atoms with Gasteiger partial charge in [0, 0.05) is 23.6 Å². The van der Waals surface area contributed by atoms with Crippen molar-refractivity contribution in [2.45, 2.75) is 19.8 Å². The van der Waals surface area contributed by atoms with E-state index in [1.54, 1.807) is 0 Å². The third-order valence-electron chi connectivity index (χ3n) is 2.71. The Kier molecular flexibility index (Phi) is 7.13. The summed E-state index contributed by atoms with van der Waals surface area (Å²) in [4.78, 5) is 22.1. The van der Waals surface area contributed by atoms with Crippen molar-refractivity contribution in [3.8, 4) is 6.07 Å². The number of halogens is 1. The van der Waals surface area contributed by atoms with Crippen LogP contribution in [0.4, 0.5) is 5.69 Å². The van der Waals surface area contributed by atoms with Gasteiger partial charge in [0.25, 0.3) is 5.91 Å². The third kappa shape index (κ3) is 5.97. The van der Waals surface area contributed by atoms with Gasteiger partial charge in [-0.1, -0.05) is 6.07 Å². The van der Waals surface area contributed by atoms with Gasteiger partial charge in [-0.05, 0) is 47.0 Å². The lowest BCUT2D eigenvalue weighted by molar-refractivity contribution is -0.137. The molecular formula is C15H16BrN3O3. The first-order valence-electron chi connectivity index (χ1n) is 6.57. The summed E-state index contributed by atoms with van der Waals surface area (Å²) >= 11 is 3.39. The zero-order valence-corrected chi connectivity index (χ0v) is 13.6. The number of nitrogens with one attached hydrogen (secondary N) is 2. The minimum absolute atomic E-state index is 0.0273. The van der Waals surface area contributed by atoms with Crippen LogP contribution in [0.1, 0.15) is 18.4 Å². The van der Waals surface area contributed by atoms with Crippen LogP contribution < -0.4 is 10.6 Å². The van der Waals surface area contributed by atoms with Gasteiger partial charge in [0.15, 0.2) is 0 Å². The Bertz CT molecular complexity index is 635. The van der Waals surface area contributed by atoms with Gasteiger partial charge in [-0.3, -0.25) is 9.59 Å². The van der Waals surface area contributed by atoms with Gasteiger partial charge in [0.05, 0.1) is 5.69 Å². The van der Waals surface area contributed by atoms with E-state index in [-0.39, 0.29) is 18.5 Å². The second kappa shape index (κ2) is 8.85. The zero-order valence-electron chi connectivity index (χ0n) is 12.0. The number of amides is 1. The number of carboxylic acids is 1. The molecule has 7 heteroatoms. The fourth-order valence-electron chi connectivity index (χ4n) is 1.57. The Morgan fingerprint density at radius 3 is 2.77 bits per heavy atom. The smallest absolute Gasteiger partial charge is 0.303 e. The number of rotatable bonds is 7. The Balaban J connectivity index is 2.60. The highest BCUT2D eigenvalue weighted by atomic mass is 79.9. The van der Waals surface area contributed by atoms with Crippen LogP contribution in [0.25, 0.3) is 0 Å². The number of carbonyl (C=O) groups excluding carboxylic acids is 1. The maximum absolute atomic E-state index is 11.8. The summed E-state index contributed by atoms with van der Waals surface area (Å²) in [5.41, 5.74) is 1.73. The monoisotopic (exact) mass is 365 g/mol. The molecule has 0 spiro atoms. The van der Waals surface area contributed by atoms with Crippen LogP contribution >= 0.6 is 15.9 Å². The van der Waals surface area contributed by atoms with E-state index < -0.39 is 11.9 Å². The molecule has 1 amide bonds. The fourth-order valence-corrected chi connectivity index (χ4v) is 2.18. The molecule has 0 saturated carbocycles. The summed E-state index contributed by atoms with van der Waals surface area (Å²) in [5, 5.41) is 22.9.